The van der Waals surface area contributed by atoms with Crippen molar-refractivity contribution >= 4 is 11.9 Å². The van der Waals surface area contributed by atoms with E-state index in [0.29, 0.717) is 18.5 Å². The van der Waals surface area contributed by atoms with Crippen LogP contribution in [0.1, 0.15) is 31.5 Å². The second-order valence-corrected chi connectivity index (χ2v) is 5.37. The van der Waals surface area contributed by atoms with Crippen molar-refractivity contribution in [1.82, 2.24) is 15.0 Å². The van der Waals surface area contributed by atoms with E-state index in [1.807, 2.05) is 0 Å². The van der Waals surface area contributed by atoms with E-state index in [2.05, 4.69) is 30.8 Å². The zero-order valence-electron chi connectivity index (χ0n) is 12.2. The smallest absolute Gasteiger partial charge is 0.238 e. The van der Waals surface area contributed by atoms with Crippen LogP contribution in [0.3, 0.4) is 0 Å². The average Bonchev–Trinajstić information content (AvgIpc) is 2.84. The molecule has 7 heteroatoms. The van der Waals surface area contributed by atoms with Gasteiger partial charge >= 0.3 is 0 Å². The summed E-state index contributed by atoms with van der Waals surface area (Å²) in [6.45, 7) is 4.97. The SMILES string of the molecule is N#Cc1nc(N2CCCCC2)nc(N2CCCOCC2)n1. The van der Waals surface area contributed by atoms with Crippen LogP contribution >= 0.6 is 0 Å². The Morgan fingerprint density at radius 2 is 1.48 bits per heavy atom. The van der Waals surface area contributed by atoms with E-state index in [4.69, 9.17) is 4.74 Å². The van der Waals surface area contributed by atoms with E-state index in [9.17, 15) is 5.26 Å². The van der Waals surface area contributed by atoms with Gasteiger partial charge in [-0.1, -0.05) is 0 Å². The second kappa shape index (κ2) is 6.68. The number of nitriles is 1. The topological polar surface area (TPSA) is 78.2 Å². The van der Waals surface area contributed by atoms with E-state index in [-0.39, 0.29) is 5.82 Å². The molecule has 0 unspecified atom stereocenters. The molecule has 0 saturated carbocycles. The summed E-state index contributed by atoms with van der Waals surface area (Å²) in [5.74, 6) is 1.44. The first-order valence-corrected chi connectivity index (χ1v) is 7.60. The van der Waals surface area contributed by atoms with Crippen molar-refractivity contribution in [3.8, 4) is 6.07 Å². The minimum absolute atomic E-state index is 0.200. The molecular weight excluding hydrogens is 268 g/mol. The lowest BCUT2D eigenvalue weighted by Gasteiger charge is -2.27. The van der Waals surface area contributed by atoms with Crippen LogP contribution in [0.15, 0.2) is 0 Å². The van der Waals surface area contributed by atoms with Crippen LogP contribution in [-0.4, -0.2) is 54.3 Å². The maximum atomic E-state index is 9.17. The van der Waals surface area contributed by atoms with Gasteiger partial charge in [0, 0.05) is 32.8 Å². The average molecular weight is 288 g/mol. The van der Waals surface area contributed by atoms with Crippen LogP contribution in [0, 0.1) is 11.3 Å². The lowest BCUT2D eigenvalue weighted by molar-refractivity contribution is 0.152. The largest absolute Gasteiger partial charge is 0.380 e. The molecule has 0 aliphatic carbocycles. The fraction of sp³-hybridized carbons (Fsp3) is 0.714. The first kappa shape index (κ1) is 14.0. The standard InChI is InChI=1S/C14H20N6O/c15-11-12-16-13(19-5-2-1-3-6-19)18-14(17-12)20-7-4-9-21-10-8-20/h1-10H2. The molecule has 0 radical (unpaired) electrons. The Morgan fingerprint density at radius 3 is 2.19 bits per heavy atom. The van der Waals surface area contributed by atoms with Crippen molar-refractivity contribution in [1.29, 1.82) is 5.26 Å². The molecule has 0 aromatic carbocycles. The van der Waals surface area contributed by atoms with Gasteiger partial charge in [0.05, 0.1) is 6.61 Å². The number of aromatic nitrogens is 3. The van der Waals surface area contributed by atoms with Gasteiger partial charge in [-0.15, -0.1) is 0 Å². The summed E-state index contributed by atoms with van der Waals surface area (Å²) in [4.78, 5) is 17.4. The molecule has 0 N–H and O–H groups in total. The normalized spacial score (nSPS) is 20.0. The Bertz CT molecular complexity index is 515. The zero-order chi connectivity index (χ0) is 14.5. The summed E-state index contributed by atoms with van der Waals surface area (Å²) >= 11 is 0. The van der Waals surface area contributed by atoms with Gasteiger partial charge in [-0.3, -0.25) is 0 Å². The Morgan fingerprint density at radius 1 is 0.810 bits per heavy atom. The van der Waals surface area contributed by atoms with Gasteiger partial charge in [0.25, 0.3) is 0 Å². The van der Waals surface area contributed by atoms with E-state index < -0.39 is 0 Å². The third-order valence-electron chi connectivity index (χ3n) is 3.86. The monoisotopic (exact) mass is 288 g/mol. The molecule has 7 nitrogen and oxygen atoms in total. The van der Waals surface area contributed by atoms with Crippen molar-refractivity contribution in [2.75, 3.05) is 49.2 Å². The molecule has 2 fully saturated rings. The van der Waals surface area contributed by atoms with Gasteiger partial charge in [-0.05, 0) is 25.7 Å². The van der Waals surface area contributed by atoms with E-state index in [1.165, 1.54) is 6.42 Å². The maximum absolute atomic E-state index is 9.17. The molecule has 3 rings (SSSR count). The molecular formula is C14H20N6O. The Balaban J connectivity index is 1.87. The minimum atomic E-state index is 0.200. The van der Waals surface area contributed by atoms with Gasteiger partial charge in [0.1, 0.15) is 6.07 Å². The number of hydrogen-bond donors (Lipinski definition) is 0. The van der Waals surface area contributed by atoms with Gasteiger partial charge in [-0.25, -0.2) is 0 Å². The van der Waals surface area contributed by atoms with Crippen molar-refractivity contribution in [2.24, 2.45) is 0 Å². The molecule has 0 spiro atoms. The van der Waals surface area contributed by atoms with Crippen LogP contribution < -0.4 is 9.80 Å². The summed E-state index contributed by atoms with van der Waals surface area (Å²) in [5, 5.41) is 9.17. The summed E-state index contributed by atoms with van der Waals surface area (Å²) < 4.78 is 5.46. The predicted molar refractivity (Wildman–Crippen MR) is 78.3 cm³/mol. The first-order valence-electron chi connectivity index (χ1n) is 7.60. The van der Waals surface area contributed by atoms with Gasteiger partial charge in [0.15, 0.2) is 0 Å². The highest BCUT2D eigenvalue weighted by Gasteiger charge is 2.19. The molecule has 2 aliphatic heterocycles. The number of rotatable bonds is 2. The van der Waals surface area contributed by atoms with Crippen LogP contribution in [-0.2, 0) is 4.74 Å². The predicted octanol–water partition coefficient (Wildman–Crippen LogP) is 0.960. The molecule has 0 bridgehead atoms. The number of nitrogens with zero attached hydrogens (tertiary/aromatic N) is 6. The molecule has 0 amide bonds. The maximum Gasteiger partial charge on any atom is 0.238 e. The van der Waals surface area contributed by atoms with Crippen molar-refractivity contribution < 1.29 is 4.74 Å². The summed E-state index contributed by atoms with van der Waals surface area (Å²) in [6.07, 6.45) is 4.51. The second-order valence-electron chi connectivity index (χ2n) is 5.37. The van der Waals surface area contributed by atoms with E-state index in [0.717, 1.165) is 52.0 Å². The van der Waals surface area contributed by atoms with E-state index >= 15 is 0 Å². The number of ether oxygens (including phenoxy) is 1. The molecule has 21 heavy (non-hydrogen) atoms. The summed E-state index contributed by atoms with van der Waals surface area (Å²) in [6, 6.07) is 2.05. The molecule has 3 heterocycles. The van der Waals surface area contributed by atoms with E-state index in [1.54, 1.807) is 0 Å². The van der Waals surface area contributed by atoms with Gasteiger partial charge in [0.2, 0.25) is 17.7 Å². The Labute approximate surface area is 124 Å². The molecule has 112 valence electrons. The Kier molecular flexibility index (Phi) is 4.46. The summed E-state index contributed by atoms with van der Waals surface area (Å²) in [7, 11) is 0. The quantitative estimate of drug-likeness (QED) is 0.802. The lowest BCUT2D eigenvalue weighted by Crippen LogP contribution is -2.33. The van der Waals surface area contributed by atoms with Gasteiger partial charge in [-0.2, -0.15) is 20.2 Å². The van der Waals surface area contributed by atoms with Crippen LogP contribution in [0.4, 0.5) is 11.9 Å². The molecule has 1 aromatic rings. The number of piperidine rings is 1. The lowest BCUT2D eigenvalue weighted by atomic mass is 10.1. The fourth-order valence-corrected chi connectivity index (χ4v) is 2.73. The van der Waals surface area contributed by atoms with Crippen molar-refractivity contribution in [3.05, 3.63) is 5.82 Å². The highest BCUT2D eigenvalue weighted by Crippen LogP contribution is 2.19. The third-order valence-corrected chi connectivity index (χ3v) is 3.86. The third kappa shape index (κ3) is 3.39. The number of anilines is 2. The fourth-order valence-electron chi connectivity index (χ4n) is 2.73. The first-order chi connectivity index (χ1) is 10.4. The molecule has 2 saturated heterocycles. The van der Waals surface area contributed by atoms with Crippen molar-refractivity contribution in [2.45, 2.75) is 25.7 Å². The van der Waals surface area contributed by atoms with Crippen LogP contribution in [0.2, 0.25) is 0 Å². The molecule has 0 atom stereocenters. The molecule has 1 aromatic heterocycles. The summed E-state index contributed by atoms with van der Waals surface area (Å²) in [5.41, 5.74) is 0. The molecule has 2 aliphatic rings. The van der Waals surface area contributed by atoms with Gasteiger partial charge < -0.3 is 14.5 Å². The van der Waals surface area contributed by atoms with Crippen molar-refractivity contribution in [3.63, 3.8) is 0 Å². The number of hydrogen-bond acceptors (Lipinski definition) is 7. The highest BCUT2D eigenvalue weighted by atomic mass is 16.5. The van der Waals surface area contributed by atoms with Crippen LogP contribution in [0.25, 0.3) is 0 Å². The minimum Gasteiger partial charge on any atom is -0.380 e. The highest BCUT2D eigenvalue weighted by molar-refractivity contribution is 5.41. The zero-order valence-corrected chi connectivity index (χ0v) is 12.2. The Hall–Kier alpha value is -1.94. The van der Waals surface area contributed by atoms with Crippen LogP contribution in [0.5, 0.6) is 0 Å².